The van der Waals surface area contributed by atoms with Crippen molar-refractivity contribution < 1.29 is 9.53 Å². The normalized spacial score (nSPS) is 20.1. The highest BCUT2D eigenvalue weighted by Crippen LogP contribution is 2.45. The molecule has 4 aliphatic rings. The van der Waals surface area contributed by atoms with Gasteiger partial charge in [0.05, 0.1) is 30.0 Å². The molecule has 9 nitrogen and oxygen atoms in total. The first-order chi connectivity index (χ1) is 19.5. The molecule has 4 heterocycles. The predicted molar refractivity (Wildman–Crippen MR) is 157 cm³/mol. The minimum Gasteiger partial charge on any atom is -0.377 e. The van der Waals surface area contributed by atoms with Crippen LogP contribution < -0.4 is 4.90 Å². The molecule has 2 saturated carbocycles. The van der Waals surface area contributed by atoms with Gasteiger partial charge in [-0.2, -0.15) is 10.4 Å². The van der Waals surface area contributed by atoms with E-state index in [2.05, 4.69) is 40.4 Å². The number of pyridine rings is 1. The zero-order valence-corrected chi connectivity index (χ0v) is 23.5. The smallest absolute Gasteiger partial charge is 0.225 e. The maximum Gasteiger partial charge on any atom is 0.225 e. The largest absolute Gasteiger partial charge is 0.377 e. The Morgan fingerprint density at radius 3 is 2.48 bits per heavy atom. The second-order valence-corrected chi connectivity index (χ2v) is 10.9. The zero-order valence-electron chi connectivity index (χ0n) is 23.5. The van der Waals surface area contributed by atoms with Gasteiger partial charge in [0.15, 0.2) is 5.82 Å². The number of nitrogens with zero attached hydrogens (tertiary/aromatic N) is 7. The summed E-state index contributed by atoms with van der Waals surface area (Å²) in [6, 6.07) is 4.35. The van der Waals surface area contributed by atoms with Crippen LogP contribution in [0.1, 0.15) is 79.7 Å². The average molecular weight is 542 g/mol. The monoisotopic (exact) mass is 541 g/mol. The first kappa shape index (κ1) is 27.8. The lowest BCUT2D eigenvalue weighted by Crippen LogP contribution is -2.50. The SMILES string of the molecule is C1CC1.C=CC/C=C(/c1cc(C#N)c(N2CCN(C(=O)CC3CCO3)CC2)nc1C1CC1)c1cnn(C)c1N=C. The quantitative estimate of drug-likeness (QED) is 0.331. The van der Waals surface area contributed by atoms with Crippen LogP contribution in [0, 0.1) is 11.3 Å². The summed E-state index contributed by atoms with van der Waals surface area (Å²) >= 11 is 0. The minimum atomic E-state index is 0.0750. The Kier molecular flexibility index (Phi) is 8.75. The fraction of sp³-hybridized carbons (Fsp3) is 0.516. The first-order valence-corrected chi connectivity index (χ1v) is 14.4. The number of aryl methyl sites for hydroxylation is 1. The van der Waals surface area contributed by atoms with E-state index < -0.39 is 0 Å². The van der Waals surface area contributed by atoms with Crippen molar-refractivity contribution in [2.75, 3.05) is 37.7 Å². The minimum absolute atomic E-state index is 0.0750. The molecule has 0 N–H and O–H groups in total. The number of anilines is 1. The Labute approximate surface area is 236 Å². The van der Waals surface area contributed by atoms with Crippen molar-refractivity contribution in [3.05, 3.63) is 53.4 Å². The lowest BCUT2D eigenvalue weighted by Gasteiger charge is -2.37. The molecule has 0 radical (unpaired) electrons. The second kappa shape index (κ2) is 12.6. The van der Waals surface area contributed by atoms with Gasteiger partial charge in [0.25, 0.3) is 0 Å². The number of piperazine rings is 1. The van der Waals surface area contributed by atoms with Crippen molar-refractivity contribution in [3.63, 3.8) is 0 Å². The van der Waals surface area contributed by atoms with Gasteiger partial charge in [0.2, 0.25) is 5.91 Å². The summed E-state index contributed by atoms with van der Waals surface area (Å²) in [7, 11) is 1.84. The van der Waals surface area contributed by atoms with E-state index in [1.807, 2.05) is 24.1 Å². The van der Waals surface area contributed by atoms with E-state index in [-0.39, 0.29) is 12.0 Å². The van der Waals surface area contributed by atoms with E-state index in [9.17, 15) is 10.1 Å². The molecule has 1 unspecified atom stereocenters. The van der Waals surface area contributed by atoms with Crippen molar-refractivity contribution in [2.45, 2.75) is 63.4 Å². The van der Waals surface area contributed by atoms with Crippen LogP contribution in [0.25, 0.3) is 5.57 Å². The molecule has 210 valence electrons. The Hall–Kier alpha value is -3.77. The number of aromatic nitrogens is 3. The van der Waals surface area contributed by atoms with E-state index in [1.54, 1.807) is 10.9 Å². The van der Waals surface area contributed by atoms with E-state index in [4.69, 9.17) is 9.72 Å². The van der Waals surface area contributed by atoms with Gasteiger partial charge in [-0.25, -0.2) is 9.98 Å². The van der Waals surface area contributed by atoms with E-state index in [0.717, 1.165) is 48.3 Å². The Morgan fingerprint density at radius 1 is 1.20 bits per heavy atom. The summed E-state index contributed by atoms with van der Waals surface area (Å²) in [6.07, 6.45) is 14.5. The van der Waals surface area contributed by atoms with Gasteiger partial charge in [-0.1, -0.05) is 31.4 Å². The summed E-state index contributed by atoms with van der Waals surface area (Å²) in [6.45, 7) is 10.9. The summed E-state index contributed by atoms with van der Waals surface area (Å²) in [5.74, 6) is 1.88. The highest BCUT2D eigenvalue weighted by Gasteiger charge is 2.33. The Morgan fingerprint density at radius 2 is 1.93 bits per heavy atom. The van der Waals surface area contributed by atoms with Crippen LogP contribution in [0.4, 0.5) is 11.6 Å². The van der Waals surface area contributed by atoms with E-state index in [1.165, 1.54) is 19.3 Å². The lowest BCUT2D eigenvalue weighted by molar-refractivity contribution is -0.139. The molecule has 2 aromatic rings. The average Bonchev–Trinajstić information content (AvgIpc) is 3.88. The molecule has 2 aromatic heterocycles. The van der Waals surface area contributed by atoms with Crippen LogP contribution >= 0.6 is 0 Å². The highest BCUT2D eigenvalue weighted by molar-refractivity contribution is 5.87. The summed E-state index contributed by atoms with van der Waals surface area (Å²) in [4.78, 5) is 26.0. The van der Waals surface area contributed by atoms with Crippen LogP contribution in [0.5, 0.6) is 0 Å². The maximum absolute atomic E-state index is 12.6. The van der Waals surface area contributed by atoms with Gasteiger partial charge in [0.1, 0.15) is 11.9 Å². The predicted octanol–water partition coefficient (Wildman–Crippen LogP) is 4.90. The van der Waals surface area contributed by atoms with E-state index in [0.29, 0.717) is 62.1 Å². The lowest BCUT2D eigenvalue weighted by atomic mass is 9.93. The topological polar surface area (TPSA) is 99.6 Å². The number of amides is 1. The number of ether oxygens (including phenoxy) is 1. The molecular weight excluding hydrogens is 502 g/mol. The summed E-state index contributed by atoms with van der Waals surface area (Å²) < 4.78 is 7.13. The third-order valence-electron chi connectivity index (χ3n) is 7.72. The molecule has 2 saturated heterocycles. The Balaban J connectivity index is 0.00000101. The number of aliphatic imine (C=N–C) groups is 1. The van der Waals surface area contributed by atoms with Gasteiger partial charge in [-0.3, -0.25) is 9.48 Å². The molecule has 9 heteroatoms. The molecular formula is C31H39N7O2. The molecule has 0 spiro atoms. The highest BCUT2D eigenvalue weighted by atomic mass is 16.5. The van der Waals surface area contributed by atoms with Crippen LogP contribution in [-0.2, 0) is 16.6 Å². The third kappa shape index (κ3) is 6.34. The Bertz CT molecular complexity index is 1320. The maximum atomic E-state index is 12.6. The zero-order chi connectivity index (χ0) is 28.1. The molecule has 2 aliphatic heterocycles. The standard InChI is InChI=1S/C28H33N7O2.C3H6/c1-4-5-6-22(24-18-31-33(3)28(24)30-2)23-15-20(17-29)27(32-26(23)19-7-8-19)35-12-10-34(11-13-35)25(36)16-21-9-14-37-21;1-2-3-1/h4,6,15,18-19,21H,1-2,5,7-14,16H2,3H3;1-3H2/b22-6-;. The number of carbonyl (C=O) groups excluding carboxylic acids is 1. The van der Waals surface area contributed by atoms with Gasteiger partial charge >= 0.3 is 0 Å². The van der Waals surface area contributed by atoms with Crippen LogP contribution in [0.3, 0.4) is 0 Å². The first-order valence-electron chi connectivity index (χ1n) is 14.4. The van der Waals surface area contributed by atoms with Gasteiger partial charge in [-0.15, -0.1) is 6.58 Å². The van der Waals surface area contributed by atoms with Crippen molar-refractivity contribution >= 4 is 29.8 Å². The number of allylic oxidation sites excluding steroid dienone is 2. The molecule has 0 bridgehead atoms. The molecule has 2 aliphatic carbocycles. The van der Waals surface area contributed by atoms with E-state index >= 15 is 0 Å². The fourth-order valence-electron chi connectivity index (χ4n) is 5.04. The molecule has 1 amide bonds. The summed E-state index contributed by atoms with van der Waals surface area (Å²) in [5, 5.41) is 14.5. The van der Waals surface area contributed by atoms with Crippen LogP contribution in [0.15, 0.2) is 36.0 Å². The number of hydrogen-bond acceptors (Lipinski definition) is 7. The molecule has 4 fully saturated rings. The molecule has 1 atom stereocenters. The molecule has 0 aromatic carbocycles. The summed E-state index contributed by atoms with van der Waals surface area (Å²) in [5.41, 5.74) is 4.29. The second-order valence-electron chi connectivity index (χ2n) is 10.9. The molecule has 40 heavy (non-hydrogen) atoms. The van der Waals surface area contributed by atoms with Crippen molar-refractivity contribution in [2.24, 2.45) is 12.0 Å². The third-order valence-corrected chi connectivity index (χ3v) is 7.72. The number of carbonyl (C=O) groups is 1. The number of nitriles is 1. The number of rotatable bonds is 9. The van der Waals surface area contributed by atoms with Crippen LogP contribution in [0.2, 0.25) is 0 Å². The van der Waals surface area contributed by atoms with Crippen LogP contribution in [-0.4, -0.2) is 71.2 Å². The van der Waals surface area contributed by atoms with Crippen molar-refractivity contribution in [1.82, 2.24) is 19.7 Å². The van der Waals surface area contributed by atoms with Gasteiger partial charge in [-0.05, 0) is 44.0 Å². The van der Waals surface area contributed by atoms with Gasteiger partial charge < -0.3 is 14.5 Å². The van der Waals surface area contributed by atoms with Crippen molar-refractivity contribution in [1.29, 1.82) is 5.26 Å². The molecule has 6 rings (SSSR count). The number of hydrogen-bond donors (Lipinski definition) is 0. The van der Waals surface area contributed by atoms with Crippen molar-refractivity contribution in [3.8, 4) is 6.07 Å². The fourth-order valence-corrected chi connectivity index (χ4v) is 5.04. The van der Waals surface area contributed by atoms with Gasteiger partial charge in [0, 0.05) is 56.9 Å².